The Bertz CT molecular complexity index is 634. The average molecular weight is 428 g/mol. The zero-order valence-electron chi connectivity index (χ0n) is 15.2. The van der Waals surface area contributed by atoms with Crippen LogP contribution in [0.1, 0.15) is 12.5 Å². The molecule has 28 heavy (non-hydrogen) atoms. The van der Waals surface area contributed by atoms with Crippen molar-refractivity contribution in [1.82, 2.24) is 9.80 Å². The van der Waals surface area contributed by atoms with E-state index in [-0.39, 0.29) is 0 Å². The number of amides is 1. The number of nitrogens with zero attached hydrogens (tertiary/aromatic N) is 2. The molecule has 11 heteroatoms. The van der Waals surface area contributed by atoms with Crippen molar-refractivity contribution in [3.05, 3.63) is 29.8 Å². The average Bonchev–Trinajstić information content (AvgIpc) is 2.63. The van der Waals surface area contributed by atoms with Gasteiger partial charge in [-0.2, -0.15) is 13.2 Å². The van der Waals surface area contributed by atoms with E-state index in [1.165, 1.54) is 5.56 Å². The van der Waals surface area contributed by atoms with Gasteiger partial charge >= 0.3 is 12.1 Å². The van der Waals surface area contributed by atoms with Crippen LogP contribution in [0.3, 0.4) is 0 Å². The zero-order valence-corrected chi connectivity index (χ0v) is 15.9. The molecule has 1 aromatic rings. The molecule has 1 aliphatic heterocycles. The van der Waals surface area contributed by atoms with Gasteiger partial charge in [0, 0.05) is 38.4 Å². The summed E-state index contributed by atoms with van der Waals surface area (Å²) in [7, 11) is 0. The maximum absolute atomic E-state index is 12.6. The number of piperazine rings is 1. The fourth-order valence-corrected chi connectivity index (χ4v) is 2.47. The van der Waals surface area contributed by atoms with Gasteiger partial charge in [-0.15, -0.1) is 0 Å². The Morgan fingerprint density at radius 2 is 1.61 bits per heavy atom. The summed E-state index contributed by atoms with van der Waals surface area (Å²) in [5.74, 6) is -3.59. The molecule has 1 unspecified atom stereocenters. The number of carbonyl (C=O) groups is 2. The number of likely N-dealkylation sites (N-methyl/N-ethyl adjacent to an activating group) is 1. The predicted octanol–water partition coefficient (Wildman–Crippen LogP) is 2.93. The minimum absolute atomic E-state index is 0.558. The quantitative estimate of drug-likeness (QED) is 0.558. The van der Waals surface area contributed by atoms with E-state index < -0.39 is 23.7 Å². The molecule has 1 fully saturated rings. The number of nitrogens with one attached hydrogen (secondary N) is 1. The summed E-state index contributed by atoms with van der Waals surface area (Å²) >= 11 is 5.07. The molecule has 2 N–H and O–H groups in total. The summed E-state index contributed by atoms with van der Waals surface area (Å²) in [6.07, 6.45) is -5.08. The Morgan fingerprint density at radius 3 is 2.00 bits per heavy atom. The zero-order chi connectivity index (χ0) is 21.3. The number of anilines is 1. The fourth-order valence-electron chi connectivity index (χ4n) is 2.41. The van der Waals surface area contributed by atoms with Crippen molar-refractivity contribution in [2.24, 2.45) is 0 Å². The van der Waals surface area contributed by atoms with Gasteiger partial charge < -0.3 is 15.3 Å². The molecule has 1 aromatic carbocycles. The van der Waals surface area contributed by atoms with Crippen LogP contribution in [0.25, 0.3) is 0 Å². The third-order valence-electron chi connectivity index (χ3n) is 3.98. The van der Waals surface area contributed by atoms with Crippen LogP contribution in [-0.2, 0) is 16.1 Å². The molecule has 1 atom stereocenters. The van der Waals surface area contributed by atoms with Gasteiger partial charge in [0.15, 0.2) is 0 Å². The van der Waals surface area contributed by atoms with Gasteiger partial charge in [0.25, 0.3) is 11.5 Å². The van der Waals surface area contributed by atoms with Gasteiger partial charge in [-0.1, -0.05) is 30.7 Å². The molecule has 1 saturated heterocycles. The van der Waals surface area contributed by atoms with Gasteiger partial charge in [-0.25, -0.2) is 9.18 Å². The highest BCUT2D eigenvalue weighted by Crippen LogP contribution is 2.14. The standard InChI is InChI=1S/C15H21ClFN3O.C2HF3O2/c1-2-19-7-9-20(10-8-19)11-12-3-5-13(6-4-12)18-15(21)14(16)17;3-2(4,5)1(6)7/h3-6,14H,2,7-11H2,1H3,(H,18,21);(H,6,7). The lowest BCUT2D eigenvalue weighted by Gasteiger charge is -2.34. The Labute approximate surface area is 165 Å². The van der Waals surface area contributed by atoms with Crippen molar-refractivity contribution in [2.75, 3.05) is 38.0 Å². The third kappa shape index (κ3) is 8.85. The largest absolute Gasteiger partial charge is 0.490 e. The molecule has 0 bridgehead atoms. The lowest BCUT2D eigenvalue weighted by atomic mass is 10.1. The van der Waals surface area contributed by atoms with Crippen molar-refractivity contribution in [3.63, 3.8) is 0 Å². The molecule has 6 nitrogen and oxygen atoms in total. The van der Waals surface area contributed by atoms with E-state index >= 15 is 0 Å². The molecule has 0 aliphatic carbocycles. The second-order valence-electron chi connectivity index (χ2n) is 6.00. The van der Waals surface area contributed by atoms with Crippen LogP contribution in [-0.4, -0.2) is 71.3 Å². The van der Waals surface area contributed by atoms with E-state index in [0.29, 0.717) is 5.69 Å². The topological polar surface area (TPSA) is 72.9 Å². The molecule has 0 spiro atoms. The second-order valence-corrected chi connectivity index (χ2v) is 6.38. The maximum atomic E-state index is 12.6. The Morgan fingerprint density at radius 1 is 1.14 bits per heavy atom. The Kier molecular flexibility index (Phi) is 9.63. The highest BCUT2D eigenvalue weighted by molar-refractivity contribution is 6.31. The Balaban J connectivity index is 0.000000480. The number of carboxylic acids is 1. The number of benzene rings is 1. The molecule has 0 saturated carbocycles. The van der Waals surface area contributed by atoms with Crippen LogP contribution < -0.4 is 5.32 Å². The lowest BCUT2D eigenvalue weighted by Crippen LogP contribution is -2.45. The maximum Gasteiger partial charge on any atom is 0.490 e. The summed E-state index contributed by atoms with van der Waals surface area (Å²) in [6.45, 7) is 8.55. The highest BCUT2D eigenvalue weighted by atomic mass is 35.5. The van der Waals surface area contributed by atoms with E-state index in [1.807, 2.05) is 12.1 Å². The molecule has 1 heterocycles. The van der Waals surface area contributed by atoms with Crippen LogP contribution in [0.4, 0.5) is 23.2 Å². The van der Waals surface area contributed by atoms with Crippen molar-refractivity contribution < 1.29 is 32.3 Å². The van der Waals surface area contributed by atoms with Crippen molar-refractivity contribution >= 4 is 29.2 Å². The number of carboxylic acid groups (broad SMARTS) is 1. The number of halogens is 5. The smallest absolute Gasteiger partial charge is 0.475 e. The summed E-state index contributed by atoms with van der Waals surface area (Å²) in [4.78, 5) is 24.9. The van der Waals surface area contributed by atoms with Gasteiger partial charge in [0.2, 0.25) is 0 Å². The molecule has 158 valence electrons. The van der Waals surface area contributed by atoms with E-state index in [1.54, 1.807) is 12.1 Å². The first-order valence-electron chi connectivity index (χ1n) is 8.45. The molecule has 0 radical (unpaired) electrons. The molecule has 0 aromatic heterocycles. The van der Waals surface area contributed by atoms with Crippen LogP contribution in [0, 0.1) is 0 Å². The van der Waals surface area contributed by atoms with E-state index in [2.05, 4.69) is 22.0 Å². The second kappa shape index (κ2) is 11.2. The number of carbonyl (C=O) groups excluding carboxylic acids is 1. The minimum Gasteiger partial charge on any atom is -0.475 e. The van der Waals surface area contributed by atoms with E-state index in [4.69, 9.17) is 21.5 Å². The summed E-state index contributed by atoms with van der Waals surface area (Å²) in [6, 6.07) is 7.44. The lowest BCUT2D eigenvalue weighted by molar-refractivity contribution is -0.192. The monoisotopic (exact) mass is 427 g/mol. The van der Waals surface area contributed by atoms with Crippen LogP contribution in [0.5, 0.6) is 0 Å². The van der Waals surface area contributed by atoms with Crippen LogP contribution in [0.15, 0.2) is 24.3 Å². The first-order chi connectivity index (χ1) is 13.0. The van der Waals surface area contributed by atoms with Crippen molar-refractivity contribution in [3.8, 4) is 0 Å². The number of alkyl halides is 5. The normalized spacial score (nSPS) is 16.6. The highest BCUT2D eigenvalue weighted by Gasteiger charge is 2.38. The number of hydrogen-bond donors (Lipinski definition) is 2. The number of rotatable bonds is 5. The van der Waals surface area contributed by atoms with Gasteiger partial charge in [0.05, 0.1) is 0 Å². The third-order valence-corrected chi connectivity index (χ3v) is 4.18. The van der Waals surface area contributed by atoms with Crippen LogP contribution in [0.2, 0.25) is 0 Å². The van der Waals surface area contributed by atoms with Gasteiger partial charge in [-0.05, 0) is 24.2 Å². The summed E-state index contributed by atoms with van der Waals surface area (Å²) < 4.78 is 44.3. The SMILES string of the molecule is CCN1CCN(Cc2ccc(NC(=O)C(F)Cl)cc2)CC1.O=C(O)C(F)(F)F. The summed E-state index contributed by atoms with van der Waals surface area (Å²) in [5, 5.41) is 9.54. The van der Waals surface area contributed by atoms with E-state index in [9.17, 15) is 22.4 Å². The molecular weight excluding hydrogens is 406 g/mol. The Hall–Kier alpha value is -1.91. The molecule has 2 rings (SSSR count). The summed E-state index contributed by atoms with van der Waals surface area (Å²) in [5.41, 5.74) is -0.275. The van der Waals surface area contributed by atoms with Crippen molar-refractivity contribution in [1.29, 1.82) is 0 Å². The molecule has 1 aliphatic rings. The fraction of sp³-hybridized carbons (Fsp3) is 0.529. The first kappa shape index (κ1) is 24.1. The van der Waals surface area contributed by atoms with Crippen LogP contribution >= 0.6 is 11.6 Å². The number of aliphatic carboxylic acids is 1. The van der Waals surface area contributed by atoms with E-state index in [0.717, 1.165) is 39.3 Å². The van der Waals surface area contributed by atoms with Gasteiger partial charge in [-0.3, -0.25) is 9.69 Å². The van der Waals surface area contributed by atoms with Crippen molar-refractivity contribution in [2.45, 2.75) is 25.3 Å². The molecule has 1 amide bonds. The minimum atomic E-state index is -5.08. The number of hydrogen-bond acceptors (Lipinski definition) is 4. The predicted molar refractivity (Wildman–Crippen MR) is 96.9 cm³/mol. The first-order valence-corrected chi connectivity index (χ1v) is 8.89. The van der Waals surface area contributed by atoms with Gasteiger partial charge in [0.1, 0.15) is 0 Å². The molecular formula is C17H22ClF4N3O3.